The van der Waals surface area contributed by atoms with Gasteiger partial charge in [0.15, 0.2) is 0 Å². The van der Waals surface area contributed by atoms with Crippen LogP contribution in [0.25, 0.3) is 0 Å². The third kappa shape index (κ3) is 5.94. The van der Waals surface area contributed by atoms with Crippen LogP contribution in [0.5, 0.6) is 0 Å². The van der Waals surface area contributed by atoms with Gasteiger partial charge in [-0.15, -0.1) is 0 Å². The molecule has 1 aromatic heterocycles. The molecule has 1 saturated heterocycles. The number of nitrogens with zero attached hydrogens (tertiary/aromatic N) is 3. The number of carbonyl (C=O) groups is 1. The fourth-order valence-electron chi connectivity index (χ4n) is 3.33. The second kappa shape index (κ2) is 9.72. The smallest absolute Gasteiger partial charge is 0.317 e. The summed E-state index contributed by atoms with van der Waals surface area (Å²) in [5.41, 5.74) is 2.10. The van der Waals surface area contributed by atoms with Gasteiger partial charge in [-0.25, -0.2) is 4.79 Å². The Kier molecular flexibility index (Phi) is 7.07. The van der Waals surface area contributed by atoms with E-state index in [-0.39, 0.29) is 12.1 Å². The average molecular weight is 387 g/mol. The molecule has 2 amide bonds. The van der Waals surface area contributed by atoms with E-state index in [0.29, 0.717) is 5.02 Å². The molecule has 0 spiro atoms. The van der Waals surface area contributed by atoms with E-state index in [4.69, 9.17) is 11.6 Å². The highest BCUT2D eigenvalue weighted by Crippen LogP contribution is 2.20. The summed E-state index contributed by atoms with van der Waals surface area (Å²) in [4.78, 5) is 21.5. The van der Waals surface area contributed by atoms with Crippen molar-refractivity contribution in [2.45, 2.75) is 25.3 Å². The van der Waals surface area contributed by atoms with Gasteiger partial charge in [-0.2, -0.15) is 0 Å². The van der Waals surface area contributed by atoms with Gasteiger partial charge < -0.3 is 15.1 Å². The molecule has 3 rings (SSSR count). The number of halogens is 1. The van der Waals surface area contributed by atoms with Crippen LogP contribution in [0.1, 0.15) is 30.1 Å². The van der Waals surface area contributed by atoms with E-state index in [1.807, 2.05) is 35.2 Å². The predicted molar refractivity (Wildman–Crippen MR) is 109 cm³/mol. The van der Waals surface area contributed by atoms with Gasteiger partial charge in [0, 0.05) is 25.8 Å². The third-order valence-corrected chi connectivity index (χ3v) is 5.20. The monoisotopic (exact) mass is 386 g/mol. The second-order valence-corrected chi connectivity index (χ2v) is 7.51. The minimum Gasteiger partial charge on any atom is -0.330 e. The zero-order valence-corrected chi connectivity index (χ0v) is 16.5. The van der Waals surface area contributed by atoms with Crippen molar-refractivity contribution < 1.29 is 4.79 Å². The number of hydrogen-bond donors (Lipinski definition) is 1. The molecule has 2 heterocycles. The van der Waals surface area contributed by atoms with Crippen LogP contribution in [0, 0.1) is 0 Å². The van der Waals surface area contributed by atoms with E-state index in [9.17, 15) is 4.79 Å². The molecule has 1 N–H and O–H groups in total. The standard InChI is InChI=1S/C21H27ClN4O/c1-25-12-5-13-26(15-14-25)21(27)24-20(19-11-9-18(22)16-23-19)10-8-17-6-3-2-4-7-17/h2-4,6-7,9,11,16,20H,5,8,10,12-15H2,1H3,(H,24,27). The van der Waals surface area contributed by atoms with Gasteiger partial charge in [0.05, 0.1) is 16.8 Å². The lowest BCUT2D eigenvalue weighted by Crippen LogP contribution is -2.43. The maximum absolute atomic E-state index is 12.9. The fourth-order valence-corrected chi connectivity index (χ4v) is 3.44. The van der Waals surface area contributed by atoms with E-state index < -0.39 is 0 Å². The number of nitrogens with one attached hydrogen (secondary N) is 1. The number of aryl methyl sites for hydroxylation is 1. The van der Waals surface area contributed by atoms with E-state index in [1.54, 1.807) is 6.20 Å². The van der Waals surface area contributed by atoms with E-state index in [1.165, 1.54) is 5.56 Å². The summed E-state index contributed by atoms with van der Waals surface area (Å²) < 4.78 is 0. The Bertz CT molecular complexity index is 723. The van der Waals surface area contributed by atoms with Crippen molar-refractivity contribution in [2.75, 3.05) is 33.2 Å². The lowest BCUT2D eigenvalue weighted by Gasteiger charge is -2.25. The Morgan fingerprint density at radius 2 is 1.96 bits per heavy atom. The first-order valence-electron chi connectivity index (χ1n) is 9.51. The summed E-state index contributed by atoms with van der Waals surface area (Å²) >= 11 is 5.99. The summed E-state index contributed by atoms with van der Waals surface area (Å²) in [6.07, 6.45) is 4.30. The molecular weight excluding hydrogens is 360 g/mol. The van der Waals surface area contributed by atoms with E-state index >= 15 is 0 Å². The first-order valence-corrected chi connectivity index (χ1v) is 9.89. The maximum atomic E-state index is 12.9. The molecule has 2 aromatic rings. The number of rotatable bonds is 5. The lowest BCUT2D eigenvalue weighted by atomic mass is 10.0. The summed E-state index contributed by atoms with van der Waals surface area (Å²) in [6.45, 7) is 3.47. The SMILES string of the molecule is CN1CCCN(C(=O)NC(CCc2ccccc2)c2ccc(Cl)cn2)CC1. The molecule has 27 heavy (non-hydrogen) atoms. The number of likely N-dealkylation sites (N-methyl/N-ethyl adjacent to an activating group) is 1. The maximum Gasteiger partial charge on any atom is 0.317 e. The average Bonchev–Trinajstić information content (AvgIpc) is 2.91. The normalized spacial score (nSPS) is 16.6. The first kappa shape index (κ1) is 19.6. The highest BCUT2D eigenvalue weighted by atomic mass is 35.5. The number of amides is 2. The highest BCUT2D eigenvalue weighted by molar-refractivity contribution is 6.30. The summed E-state index contributed by atoms with van der Waals surface area (Å²) in [5.74, 6) is 0. The van der Waals surface area contributed by atoms with Gasteiger partial charge in [0.25, 0.3) is 0 Å². The zero-order valence-electron chi connectivity index (χ0n) is 15.8. The molecule has 1 unspecified atom stereocenters. The van der Waals surface area contributed by atoms with Crippen LogP contribution in [0.3, 0.4) is 0 Å². The lowest BCUT2D eigenvalue weighted by molar-refractivity contribution is 0.194. The summed E-state index contributed by atoms with van der Waals surface area (Å²) in [7, 11) is 2.10. The van der Waals surface area contributed by atoms with Crippen LogP contribution in [0.4, 0.5) is 4.79 Å². The Morgan fingerprint density at radius 3 is 2.70 bits per heavy atom. The van der Waals surface area contributed by atoms with Gasteiger partial charge in [-0.1, -0.05) is 41.9 Å². The zero-order chi connectivity index (χ0) is 19.1. The van der Waals surface area contributed by atoms with Crippen molar-refractivity contribution in [1.29, 1.82) is 0 Å². The molecule has 1 aromatic carbocycles. The predicted octanol–water partition coefficient (Wildman–Crippen LogP) is 3.76. The summed E-state index contributed by atoms with van der Waals surface area (Å²) in [5, 5.41) is 3.80. The first-order chi connectivity index (χ1) is 13.1. The quantitative estimate of drug-likeness (QED) is 0.851. The number of pyridine rings is 1. The van der Waals surface area contributed by atoms with E-state index in [2.05, 4.69) is 34.4 Å². The van der Waals surface area contributed by atoms with Gasteiger partial charge in [0.1, 0.15) is 0 Å². The molecule has 1 aliphatic rings. The number of carbonyl (C=O) groups excluding carboxylic acids is 1. The van der Waals surface area contributed by atoms with Crippen LogP contribution in [0.2, 0.25) is 5.02 Å². The molecule has 0 aliphatic carbocycles. The van der Waals surface area contributed by atoms with Gasteiger partial charge in [0.2, 0.25) is 0 Å². The van der Waals surface area contributed by atoms with Crippen LogP contribution < -0.4 is 5.32 Å². The number of aromatic nitrogens is 1. The molecular formula is C21H27ClN4O. The molecule has 6 heteroatoms. The number of hydrogen-bond acceptors (Lipinski definition) is 3. The molecule has 1 atom stereocenters. The summed E-state index contributed by atoms with van der Waals surface area (Å²) in [6, 6.07) is 13.9. The van der Waals surface area contributed by atoms with Crippen molar-refractivity contribution >= 4 is 17.6 Å². The van der Waals surface area contributed by atoms with Crippen LogP contribution in [0.15, 0.2) is 48.7 Å². The van der Waals surface area contributed by atoms with Gasteiger partial charge >= 0.3 is 6.03 Å². The third-order valence-electron chi connectivity index (χ3n) is 4.98. The number of benzene rings is 1. The van der Waals surface area contributed by atoms with E-state index in [0.717, 1.165) is 51.1 Å². The van der Waals surface area contributed by atoms with Crippen molar-refractivity contribution in [3.8, 4) is 0 Å². The van der Waals surface area contributed by atoms with Crippen molar-refractivity contribution in [3.63, 3.8) is 0 Å². The van der Waals surface area contributed by atoms with Gasteiger partial charge in [-0.05, 0) is 50.6 Å². The van der Waals surface area contributed by atoms with Crippen molar-refractivity contribution in [1.82, 2.24) is 20.1 Å². The second-order valence-electron chi connectivity index (χ2n) is 7.07. The van der Waals surface area contributed by atoms with Crippen LogP contribution in [-0.2, 0) is 6.42 Å². The fraction of sp³-hybridized carbons (Fsp3) is 0.429. The van der Waals surface area contributed by atoms with Crippen molar-refractivity contribution in [3.05, 3.63) is 64.9 Å². The molecule has 0 saturated carbocycles. The molecule has 144 valence electrons. The minimum atomic E-state index is -0.143. The molecule has 0 bridgehead atoms. The molecule has 1 aliphatic heterocycles. The Labute approximate surface area is 166 Å². The minimum absolute atomic E-state index is 0.0138. The number of urea groups is 1. The largest absolute Gasteiger partial charge is 0.330 e. The molecule has 0 radical (unpaired) electrons. The Balaban J connectivity index is 1.68. The molecule has 1 fully saturated rings. The topological polar surface area (TPSA) is 48.5 Å². The highest BCUT2D eigenvalue weighted by Gasteiger charge is 2.22. The Morgan fingerprint density at radius 1 is 1.15 bits per heavy atom. The van der Waals surface area contributed by atoms with Crippen LogP contribution >= 0.6 is 11.6 Å². The van der Waals surface area contributed by atoms with Crippen LogP contribution in [-0.4, -0.2) is 54.0 Å². The molecule has 5 nitrogen and oxygen atoms in total. The van der Waals surface area contributed by atoms with Gasteiger partial charge in [-0.3, -0.25) is 4.98 Å². The van der Waals surface area contributed by atoms with Crippen molar-refractivity contribution in [2.24, 2.45) is 0 Å². The Hall–Kier alpha value is -2.11.